The molecule has 0 atom stereocenters. The van der Waals surface area contributed by atoms with Crippen LogP contribution in [0.15, 0.2) is 12.1 Å². The highest BCUT2D eigenvalue weighted by atomic mass is 35.5. The summed E-state index contributed by atoms with van der Waals surface area (Å²) in [6, 6.07) is 1.91. The van der Waals surface area contributed by atoms with E-state index in [1.54, 1.807) is 14.2 Å². The lowest BCUT2D eigenvalue weighted by atomic mass is 10.2. The fraction of sp³-hybridized carbons (Fsp3) is 0.400. The maximum absolute atomic E-state index is 12.9. The summed E-state index contributed by atoms with van der Waals surface area (Å²) in [5, 5.41) is 0.817. The van der Waals surface area contributed by atoms with Gasteiger partial charge in [0.05, 0.1) is 19.8 Å². The number of amides is 1. The zero-order valence-corrected chi connectivity index (χ0v) is 11.8. The Balaban J connectivity index is 0. The zero-order chi connectivity index (χ0) is 14.1. The molecule has 1 amide bonds. The largest absolute Gasteiger partial charge is 0.305 e. The van der Waals surface area contributed by atoms with Gasteiger partial charge in [-0.2, -0.15) is 13.8 Å². The Morgan fingerprint density at radius 1 is 1.37 bits per heavy atom. The third kappa shape index (κ3) is 6.97. The monoisotopic (exact) mass is 299 g/mol. The predicted octanol–water partition coefficient (Wildman–Crippen LogP) is 1.18. The van der Waals surface area contributed by atoms with Crippen LogP contribution in [-0.2, 0) is 9.68 Å². The number of hydrogen-bond acceptors (Lipinski definition) is 5. The molecule has 0 saturated heterocycles. The van der Waals surface area contributed by atoms with Gasteiger partial charge in [0.1, 0.15) is 0 Å². The molecule has 0 aliphatic heterocycles. The summed E-state index contributed by atoms with van der Waals surface area (Å²) in [5.74, 6) is -2.85. The first-order valence-corrected chi connectivity index (χ1v) is 4.81. The number of hydroxylamine groups is 3. The van der Waals surface area contributed by atoms with E-state index >= 15 is 0 Å². The lowest BCUT2D eigenvalue weighted by Crippen LogP contribution is -2.26. The maximum Gasteiger partial charge on any atom is 0.281 e. The lowest BCUT2D eigenvalue weighted by Gasteiger charge is -2.13. The number of aromatic nitrogens is 1. The molecule has 0 radical (unpaired) electrons. The Morgan fingerprint density at radius 3 is 2.26 bits per heavy atom. The Morgan fingerprint density at radius 2 is 1.89 bits per heavy atom. The molecule has 6 nitrogen and oxygen atoms in total. The average molecular weight is 300 g/mol. The number of pyridine rings is 1. The second-order valence-electron chi connectivity index (χ2n) is 2.87. The molecule has 1 rings (SSSR count). The molecule has 0 bridgehead atoms. The number of rotatable bonds is 3. The summed E-state index contributed by atoms with van der Waals surface area (Å²) >= 11 is 0. The van der Waals surface area contributed by atoms with Gasteiger partial charge in [0.25, 0.3) is 5.91 Å². The summed E-state index contributed by atoms with van der Waals surface area (Å²) < 4.78 is 25.3. The van der Waals surface area contributed by atoms with Crippen molar-refractivity contribution in [2.75, 3.05) is 28.3 Å². The summed E-state index contributed by atoms with van der Waals surface area (Å²) in [5.41, 5.74) is 2.09. The predicted molar refractivity (Wildman–Crippen MR) is 66.6 cm³/mol. The first-order valence-electron chi connectivity index (χ1n) is 4.81. The van der Waals surface area contributed by atoms with Crippen molar-refractivity contribution in [2.45, 2.75) is 0 Å². The van der Waals surface area contributed by atoms with E-state index in [2.05, 4.69) is 20.1 Å². The van der Waals surface area contributed by atoms with Crippen LogP contribution < -0.4 is 5.48 Å². The molecule has 0 aliphatic carbocycles. The van der Waals surface area contributed by atoms with Gasteiger partial charge in [0, 0.05) is 14.1 Å². The molecular weight excluding hydrogens is 284 g/mol. The Labute approximate surface area is 116 Å². The van der Waals surface area contributed by atoms with Crippen molar-refractivity contribution in [1.29, 1.82) is 0 Å². The van der Waals surface area contributed by atoms with Crippen molar-refractivity contribution in [2.24, 2.45) is 0 Å². The number of carbonyl (C=O) groups is 1. The van der Waals surface area contributed by atoms with E-state index < -0.39 is 17.8 Å². The molecule has 110 valence electrons. The molecule has 0 aromatic carbocycles. The van der Waals surface area contributed by atoms with E-state index in [-0.39, 0.29) is 18.0 Å². The molecule has 9 heteroatoms. The second kappa shape index (κ2) is 10.6. The van der Waals surface area contributed by atoms with Crippen LogP contribution >= 0.6 is 12.4 Å². The van der Waals surface area contributed by atoms with Crippen molar-refractivity contribution in [1.82, 2.24) is 15.5 Å². The van der Waals surface area contributed by atoms with Gasteiger partial charge >= 0.3 is 0 Å². The first-order chi connectivity index (χ1) is 8.47. The highest BCUT2D eigenvalue weighted by molar-refractivity contribution is 5.93. The Hall–Kier alpha value is -1.35. The van der Waals surface area contributed by atoms with E-state index in [1.807, 2.05) is 0 Å². The van der Waals surface area contributed by atoms with Gasteiger partial charge in [0.15, 0.2) is 0 Å². The topological polar surface area (TPSA) is 63.7 Å². The molecule has 0 unspecified atom stereocenters. The van der Waals surface area contributed by atoms with Crippen LogP contribution in [0, 0.1) is 11.9 Å². The zero-order valence-electron chi connectivity index (χ0n) is 10.9. The smallest absolute Gasteiger partial charge is 0.281 e. The van der Waals surface area contributed by atoms with Gasteiger partial charge in [-0.15, -0.1) is 12.4 Å². The van der Waals surface area contributed by atoms with Crippen LogP contribution in [0.5, 0.6) is 0 Å². The van der Waals surface area contributed by atoms with E-state index in [0.29, 0.717) is 0 Å². The minimum atomic E-state index is -1.15. The van der Waals surface area contributed by atoms with Crippen molar-refractivity contribution < 1.29 is 23.3 Å². The molecular formula is C10H16ClF2N3O3. The molecule has 1 aromatic heterocycles. The van der Waals surface area contributed by atoms with Crippen LogP contribution in [0.4, 0.5) is 8.78 Å². The van der Waals surface area contributed by atoms with Gasteiger partial charge < -0.3 is 4.84 Å². The molecule has 0 fully saturated rings. The Bertz CT molecular complexity index is 394. The van der Waals surface area contributed by atoms with Crippen molar-refractivity contribution in [3.05, 3.63) is 29.6 Å². The third-order valence-electron chi connectivity index (χ3n) is 1.81. The van der Waals surface area contributed by atoms with E-state index in [4.69, 9.17) is 0 Å². The lowest BCUT2D eigenvalue weighted by molar-refractivity contribution is -0.0760. The van der Waals surface area contributed by atoms with Gasteiger partial charge in [-0.3, -0.25) is 9.63 Å². The minimum Gasteiger partial charge on any atom is -0.305 e. The number of carbonyl (C=O) groups excluding carboxylic acids is 1. The van der Waals surface area contributed by atoms with Crippen molar-refractivity contribution in [3.8, 4) is 0 Å². The summed E-state index contributed by atoms with van der Waals surface area (Å²) in [7, 11) is 5.85. The SMILES string of the molecule is CNOC.CON(C)C(=O)c1ccc(F)nc1F.Cl. The number of halogens is 3. The van der Waals surface area contributed by atoms with Crippen molar-refractivity contribution in [3.63, 3.8) is 0 Å². The fourth-order valence-corrected chi connectivity index (χ4v) is 0.824. The fourth-order valence-electron chi connectivity index (χ4n) is 0.824. The quantitative estimate of drug-likeness (QED) is 0.671. The summed E-state index contributed by atoms with van der Waals surface area (Å²) in [4.78, 5) is 23.0. The molecule has 0 aliphatic rings. The molecule has 0 saturated carbocycles. The second-order valence-corrected chi connectivity index (χ2v) is 2.87. The summed E-state index contributed by atoms with van der Waals surface area (Å²) in [6.45, 7) is 0. The first kappa shape index (κ1) is 20.0. The molecule has 19 heavy (non-hydrogen) atoms. The van der Waals surface area contributed by atoms with E-state index in [0.717, 1.165) is 17.2 Å². The summed E-state index contributed by atoms with van der Waals surface area (Å²) in [6.07, 6.45) is 0. The van der Waals surface area contributed by atoms with Crippen LogP contribution in [0.25, 0.3) is 0 Å². The van der Waals surface area contributed by atoms with Gasteiger partial charge in [0.2, 0.25) is 11.9 Å². The number of hydrogen-bond donors (Lipinski definition) is 1. The third-order valence-corrected chi connectivity index (χ3v) is 1.81. The van der Waals surface area contributed by atoms with Crippen molar-refractivity contribution >= 4 is 18.3 Å². The maximum atomic E-state index is 12.9. The minimum absolute atomic E-state index is 0. The standard InChI is InChI=1S/C8H8F2N2O2.C2H7NO.ClH/c1-12(14-2)8(13)5-3-4-6(9)11-7(5)10;1-3-4-2;/h3-4H,1-2H3;3H,1-2H3;1H. The van der Waals surface area contributed by atoms with Crippen LogP contribution in [0.2, 0.25) is 0 Å². The number of nitrogens with zero attached hydrogens (tertiary/aromatic N) is 2. The molecule has 1 N–H and O–H groups in total. The highest BCUT2D eigenvalue weighted by Crippen LogP contribution is 2.08. The van der Waals surface area contributed by atoms with Gasteiger partial charge in [-0.05, 0) is 12.1 Å². The molecule has 1 heterocycles. The van der Waals surface area contributed by atoms with Gasteiger partial charge in [-0.25, -0.2) is 10.5 Å². The average Bonchev–Trinajstić information content (AvgIpc) is 2.37. The van der Waals surface area contributed by atoms with E-state index in [9.17, 15) is 13.6 Å². The highest BCUT2D eigenvalue weighted by Gasteiger charge is 2.17. The molecule has 0 spiro atoms. The number of nitrogens with one attached hydrogen (secondary N) is 1. The Kier molecular flexibility index (Phi) is 11.1. The molecule has 1 aromatic rings. The normalized spacial score (nSPS) is 8.95. The van der Waals surface area contributed by atoms with Gasteiger partial charge in [-0.1, -0.05) is 0 Å². The van der Waals surface area contributed by atoms with Crippen LogP contribution in [0.3, 0.4) is 0 Å². The van der Waals surface area contributed by atoms with E-state index in [1.165, 1.54) is 14.2 Å². The van der Waals surface area contributed by atoms with Crippen LogP contribution in [0.1, 0.15) is 10.4 Å². The van der Waals surface area contributed by atoms with Crippen LogP contribution in [-0.4, -0.2) is 44.3 Å².